The Morgan fingerprint density at radius 2 is 1.87 bits per heavy atom. The highest BCUT2D eigenvalue weighted by atomic mass is 16.5. The Hall–Kier alpha value is -3.40. The molecule has 7 heteroatoms. The highest BCUT2D eigenvalue weighted by Crippen LogP contribution is 2.15. The quantitative estimate of drug-likeness (QED) is 0.675. The summed E-state index contributed by atoms with van der Waals surface area (Å²) in [6.45, 7) is 7.37. The van der Waals surface area contributed by atoms with Crippen LogP contribution in [0.1, 0.15) is 48.2 Å². The molecule has 0 aliphatic rings. The van der Waals surface area contributed by atoms with Crippen molar-refractivity contribution < 1.29 is 14.3 Å². The number of carbonyl (C=O) groups excluding carboxylic acids is 2. The molecule has 1 N–H and O–H groups in total. The number of aromatic nitrogens is 1. The van der Waals surface area contributed by atoms with E-state index in [1.807, 2.05) is 50.2 Å². The molecule has 2 rings (SSSR count). The highest BCUT2D eigenvalue weighted by Gasteiger charge is 2.19. The Bertz CT molecular complexity index is 1000. The summed E-state index contributed by atoms with van der Waals surface area (Å²) in [5.41, 5.74) is 2.54. The maximum atomic E-state index is 12.6. The fourth-order valence-corrected chi connectivity index (χ4v) is 3.28. The lowest BCUT2D eigenvalue weighted by atomic mass is 9.99. The molecule has 1 heterocycles. The van der Waals surface area contributed by atoms with Gasteiger partial charge >= 0.3 is 5.97 Å². The number of esters is 1. The largest absolute Gasteiger partial charge is 0.456 e. The Kier molecular flexibility index (Phi) is 7.93. The number of nitrogens with one attached hydrogen (secondary N) is 1. The van der Waals surface area contributed by atoms with Gasteiger partial charge in [0.1, 0.15) is 11.6 Å². The normalized spacial score (nSPS) is 10.5. The SMILES string of the molecule is Cc1[nH]c(=O)c(C#N)c(C)c1CCC(=O)OCC(=O)N(Cc1ccccc1)C(C)C. The Morgan fingerprint density at radius 3 is 2.47 bits per heavy atom. The first kappa shape index (κ1) is 22.9. The molecule has 7 nitrogen and oxygen atoms in total. The first-order valence-electron chi connectivity index (χ1n) is 9.86. The summed E-state index contributed by atoms with van der Waals surface area (Å²) >= 11 is 0. The van der Waals surface area contributed by atoms with Crippen LogP contribution >= 0.6 is 0 Å². The summed E-state index contributed by atoms with van der Waals surface area (Å²) in [7, 11) is 0. The summed E-state index contributed by atoms with van der Waals surface area (Å²) in [5.74, 6) is -0.763. The zero-order chi connectivity index (χ0) is 22.3. The monoisotopic (exact) mass is 409 g/mol. The van der Waals surface area contributed by atoms with E-state index in [1.54, 1.807) is 18.7 Å². The van der Waals surface area contributed by atoms with Gasteiger partial charge in [0.25, 0.3) is 11.5 Å². The molecule has 0 atom stereocenters. The summed E-state index contributed by atoms with van der Waals surface area (Å²) in [6, 6.07) is 11.5. The molecule has 0 saturated carbocycles. The Morgan fingerprint density at radius 1 is 1.20 bits per heavy atom. The van der Waals surface area contributed by atoms with Gasteiger partial charge in [-0.3, -0.25) is 14.4 Å². The molecule has 30 heavy (non-hydrogen) atoms. The van der Waals surface area contributed by atoms with Crippen molar-refractivity contribution in [3.63, 3.8) is 0 Å². The lowest BCUT2D eigenvalue weighted by Gasteiger charge is -2.26. The number of H-pyrrole nitrogens is 1. The van der Waals surface area contributed by atoms with Crippen molar-refractivity contribution in [1.82, 2.24) is 9.88 Å². The number of aromatic amines is 1. The third-order valence-electron chi connectivity index (χ3n) is 5.00. The maximum Gasteiger partial charge on any atom is 0.306 e. The van der Waals surface area contributed by atoms with Crippen LogP contribution in [-0.4, -0.2) is 34.4 Å². The van der Waals surface area contributed by atoms with E-state index in [-0.39, 0.29) is 30.5 Å². The number of rotatable bonds is 8. The van der Waals surface area contributed by atoms with Crippen LogP contribution in [0.15, 0.2) is 35.1 Å². The van der Waals surface area contributed by atoms with E-state index >= 15 is 0 Å². The zero-order valence-electron chi connectivity index (χ0n) is 17.8. The molecule has 2 aromatic rings. The predicted octanol–water partition coefficient (Wildman–Crippen LogP) is 2.78. The van der Waals surface area contributed by atoms with Gasteiger partial charge in [0.15, 0.2) is 6.61 Å². The number of amides is 1. The van der Waals surface area contributed by atoms with E-state index in [0.717, 1.165) is 11.1 Å². The van der Waals surface area contributed by atoms with E-state index in [2.05, 4.69) is 4.98 Å². The van der Waals surface area contributed by atoms with Crippen LogP contribution in [0.5, 0.6) is 0 Å². The number of nitrogens with zero attached hydrogens (tertiary/aromatic N) is 2. The van der Waals surface area contributed by atoms with Gasteiger partial charge in [-0.2, -0.15) is 5.26 Å². The van der Waals surface area contributed by atoms with E-state index in [4.69, 9.17) is 10.00 Å². The van der Waals surface area contributed by atoms with Gasteiger partial charge in [-0.05, 0) is 50.8 Å². The molecule has 0 radical (unpaired) electrons. The minimum atomic E-state index is -0.504. The third kappa shape index (κ3) is 5.80. The minimum Gasteiger partial charge on any atom is -0.456 e. The fraction of sp³-hybridized carbons (Fsp3) is 0.391. The molecule has 0 aliphatic heterocycles. The number of hydrogen-bond donors (Lipinski definition) is 1. The second-order valence-electron chi connectivity index (χ2n) is 7.43. The Balaban J connectivity index is 1.95. The fourth-order valence-electron chi connectivity index (χ4n) is 3.28. The number of pyridine rings is 1. The van der Waals surface area contributed by atoms with E-state index in [0.29, 0.717) is 24.2 Å². The summed E-state index contributed by atoms with van der Waals surface area (Å²) in [5, 5.41) is 9.14. The second kappa shape index (κ2) is 10.4. The molecule has 0 saturated heterocycles. The predicted molar refractivity (Wildman–Crippen MR) is 113 cm³/mol. The van der Waals surface area contributed by atoms with Gasteiger partial charge in [0.05, 0.1) is 0 Å². The van der Waals surface area contributed by atoms with Crippen molar-refractivity contribution in [2.45, 2.75) is 53.1 Å². The van der Waals surface area contributed by atoms with Gasteiger partial charge in [0, 0.05) is 24.7 Å². The highest BCUT2D eigenvalue weighted by molar-refractivity contribution is 5.81. The molecule has 0 fully saturated rings. The molecule has 1 aromatic carbocycles. The second-order valence-corrected chi connectivity index (χ2v) is 7.43. The van der Waals surface area contributed by atoms with Crippen LogP contribution < -0.4 is 5.56 Å². The van der Waals surface area contributed by atoms with Crippen LogP contribution in [0.25, 0.3) is 0 Å². The minimum absolute atomic E-state index is 0.0350. The summed E-state index contributed by atoms with van der Waals surface area (Å²) < 4.78 is 5.19. The van der Waals surface area contributed by atoms with Crippen molar-refractivity contribution >= 4 is 11.9 Å². The molecular weight excluding hydrogens is 382 g/mol. The van der Waals surface area contributed by atoms with Crippen molar-refractivity contribution in [3.8, 4) is 6.07 Å². The summed E-state index contributed by atoms with van der Waals surface area (Å²) in [6.07, 6.45) is 0.361. The first-order chi connectivity index (χ1) is 14.2. The number of carbonyl (C=O) groups is 2. The van der Waals surface area contributed by atoms with Crippen LogP contribution in [-0.2, 0) is 27.3 Å². The number of aryl methyl sites for hydroxylation is 1. The molecule has 0 bridgehead atoms. The van der Waals surface area contributed by atoms with Crippen molar-refractivity contribution in [1.29, 1.82) is 5.26 Å². The smallest absolute Gasteiger partial charge is 0.306 e. The lowest BCUT2D eigenvalue weighted by molar-refractivity contribution is -0.153. The van der Waals surface area contributed by atoms with Crippen molar-refractivity contribution in [3.05, 3.63) is 68.6 Å². The first-order valence-corrected chi connectivity index (χ1v) is 9.86. The number of benzene rings is 1. The standard InChI is InChI=1S/C23H27N3O4/c1-15(2)26(13-18-8-6-5-7-9-18)21(27)14-30-22(28)11-10-19-16(3)20(12-24)23(29)25-17(19)4/h5-9,15H,10-11,13-14H2,1-4H3,(H,25,29). The zero-order valence-corrected chi connectivity index (χ0v) is 17.8. The molecule has 0 spiro atoms. The molecule has 0 aliphatic carbocycles. The van der Waals surface area contributed by atoms with Gasteiger partial charge in [0.2, 0.25) is 0 Å². The average Bonchev–Trinajstić information content (AvgIpc) is 2.70. The summed E-state index contributed by atoms with van der Waals surface area (Å²) in [4.78, 5) is 40.9. The van der Waals surface area contributed by atoms with Gasteiger partial charge in [-0.15, -0.1) is 0 Å². The molecule has 158 valence electrons. The van der Waals surface area contributed by atoms with Crippen LogP contribution in [0.2, 0.25) is 0 Å². The van der Waals surface area contributed by atoms with Crippen LogP contribution in [0.3, 0.4) is 0 Å². The number of hydrogen-bond acceptors (Lipinski definition) is 5. The lowest BCUT2D eigenvalue weighted by Crippen LogP contribution is -2.39. The molecule has 1 aromatic heterocycles. The van der Waals surface area contributed by atoms with E-state index < -0.39 is 11.5 Å². The van der Waals surface area contributed by atoms with E-state index in [9.17, 15) is 14.4 Å². The topological polar surface area (TPSA) is 103 Å². The van der Waals surface area contributed by atoms with E-state index in [1.165, 1.54) is 0 Å². The molecule has 1 amide bonds. The van der Waals surface area contributed by atoms with Gasteiger partial charge in [-0.1, -0.05) is 30.3 Å². The van der Waals surface area contributed by atoms with Gasteiger partial charge < -0.3 is 14.6 Å². The van der Waals surface area contributed by atoms with Crippen LogP contribution in [0, 0.1) is 25.2 Å². The average molecular weight is 409 g/mol. The van der Waals surface area contributed by atoms with Crippen molar-refractivity contribution in [2.24, 2.45) is 0 Å². The molecular formula is C23H27N3O4. The Labute approximate surface area is 176 Å². The van der Waals surface area contributed by atoms with Crippen LogP contribution in [0.4, 0.5) is 0 Å². The molecule has 0 unspecified atom stereocenters. The van der Waals surface area contributed by atoms with Crippen molar-refractivity contribution in [2.75, 3.05) is 6.61 Å². The third-order valence-corrected chi connectivity index (χ3v) is 5.00. The van der Waals surface area contributed by atoms with Gasteiger partial charge in [-0.25, -0.2) is 0 Å². The number of ether oxygens (including phenoxy) is 1. The maximum absolute atomic E-state index is 12.6. The number of nitriles is 1.